The van der Waals surface area contributed by atoms with E-state index < -0.39 is 24.1 Å². The lowest BCUT2D eigenvalue weighted by Gasteiger charge is -2.52. The number of hydrogen-bond acceptors (Lipinski definition) is 5. The molecule has 0 spiro atoms. The summed E-state index contributed by atoms with van der Waals surface area (Å²) in [7, 11) is 1.52. The van der Waals surface area contributed by atoms with E-state index in [1.807, 2.05) is 66.7 Å². The first-order chi connectivity index (χ1) is 13.2. The van der Waals surface area contributed by atoms with Crippen molar-refractivity contribution in [3.63, 3.8) is 0 Å². The van der Waals surface area contributed by atoms with E-state index in [1.165, 1.54) is 7.11 Å². The molecule has 0 aromatic heterocycles. The standard InChI is InChI=1S/C22H24O5/c1-24-21-22(23)13-12-18(27-21)19(25-14-16-8-4-2-5-9-16)20(22)26-15-17-10-6-3-7-11-17/h2-13,18-21,23H,14-15H2,1H3/t18-,19-,20+,21-,22-/m1/s1. The molecule has 1 N–H and O–H groups in total. The molecule has 2 bridgehead atoms. The SMILES string of the molecule is CO[C@@H]1O[C@@H]2C=C[C@@]1(O)[C@@H](OCc1ccccc1)[C@@H]2OCc1ccccc1. The Morgan fingerprint density at radius 3 is 2.11 bits per heavy atom. The van der Waals surface area contributed by atoms with Gasteiger partial charge in [-0.15, -0.1) is 0 Å². The van der Waals surface area contributed by atoms with Crippen molar-refractivity contribution in [2.24, 2.45) is 0 Å². The number of aliphatic hydroxyl groups is 1. The van der Waals surface area contributed by atoms with E-state index in [9.17, 15) is 5.11 Å². The van der Waals surface area contributed by atoms with Gasteiger partial charge in [-0.25, -0.2) is 0 Å². The molecule has 0 unspecified atom stereocenters. The smallest absolute Gasteiger partial charge is 0.193 e. The topological polar surface area (TPSA) is 57.2 Å². The number of benzene rings is 2. The Kier molecular flexibility index (Phi) is 5.38. The third-order valence-corrected chi connectivity index (χ3v) is 5.06. The highest BCUT2D eigenvalue weighted by atomic mass is 16.7. The van der Waals surface area contributed by atoms with Crippen LogP contribution in [0.25, 0.3) is 0 Å². The summed E-state index contributed by atoms with van der Waals surface area (Å²) in [6, 6.07) is 19.8. The Morgan fingerprint density at radius 2 is 1.52 bits per heavy atom. The fourth-order valence-corrected chi connectivity index (χ4v) is 3.66. The average Bonchev–Trinajstić information content (AvgIpc) is 2.72. The lowest BCUT2D eigenvalue weighted by atomic mass is 9.80. The van der Waals surface area contributed by atoms with Crippen LogP contribution in [0, 0.1) is 0 Å². The second kappa shape index (κ2) is 7.92. The summed E-state index contributed by atoms with van der Waals surface area (Å²) < 4.78 is 23.5. The molecule has 2 aliphatic heterocycles. The van der Waals surface area contributed by atoms with Crippen molar-refractivity contribution in [1.82, 2.24) is 0 Å². The molecule has 5 rings (SSSR count). The van der Waals surface area contributed by atoms with Gasteiger partial charge in [-0.2, -0.15) is 0 Å². The first-order valence-corrected chi connectivity index (χ1v) is 9.12. The Hall–Kier alpha value is -2.02. The van der Waals surface area contributed by atoms with Crippen LogP contribution in [0.5, 0.6) is 0 Å². The predicted molar refractivity (Wildman–Crippen MR) is 99.8 cm³/mol. The van der Waals surface area contributed by atoms with Gasteiger partial charge in [-0.3, -0.25) is 0 Å². The van der Waals surface area contributed by atoms with Gasteiger partial charge >= 0.3 is 0 Å². The van der Waals surface area contributed by atoms with Gasteiger partial charge < -0.3 is 24.1 Å². The Morgan fingerprint density at radius 1 is 0.926 bits per heavy atom. The molecule has 5 atom stereocenters. The molecule has 0 radical (unpaired) electrons. The zero-order valence-corrected chi connectivity index (χ0v) is 15.2. The number of hydrogen-bond donors (Lipinski definition) is 1. The van der Waals surface area contributed by atoms with Gasteiger partial charge in [-0.05, 0) is 17.2 Å². The van der Waals surface area contributed by atoms with E-state index in [4.69, 9.17) is 18.9 Å². The summed E-state index contributed by atoms with van der Waals surface area (Å²) in [6.45, 7) is 0.786. The van der Waals surface area contributed by atoms with E-state index in [0.717, 1.165) is 11.1 Å². The quantitative estimate of drug-likeness (QED) is 0.762. The summed E-state index contributed by atoms with van der Waals surface area (Å²) in [5.74, 6) is 0. The van der Waals surface area contributed by atoms with E-state index in [0.29, 0.717) is 13.2 Å². The first kappa shape index (κ1) is 18.3. The molecule has 2 aromatic carbocycles. The van der Waals surface area contributed by atoms with E-state index in [1.54, 1.807) is 6.08 Å². The van der Waals surface area contributed by atoms with Crippen molar-refractivity contribution >= 4 is 0 Å². The summed E-state index contributed by atoms with van der Waals surface area (Å²) in [5, 5.41) is 11.2. The maximum atomic E-state index is 11.2. The second-order valence-corrected chi connectivity index (χ2v) is 6.89. The molecule has 142 valence electrons. The van der Waals surface area contributed by atoms with Gasteiger partial charge in [0.15, 0.2) is 11.9 Å². The van der Waals surface area contributed by atoms with Crippen molar-refractivity contribution in [1.29, 1.82) is 0 Å². The largest absolute Gasteiger partial charge is 0.378 e. The fraction of sp³-hybridized carbons (Fsp3) is 0.364. The van der Waals surface area contributed by atoms with Crippen LogP contribution in [-0.2, 0) is 32.2 Å². The van der Waals surface area contributed by atoms with Crippen LogP contribution in [0.2, 0.25) is 0 Å². The third kappa shape index (κ3) is 3.70. The summed E-state index contributed by atoms with van der Waals surface area (Å²) in [6.07, 6.45) is 1.38. The zero-order valence-electron chi connectivity index (χ0n) is 15.2. The van der Waals surface area contributed by atoms with Crippen LogP contribution < -0.4 is 0 Å². The van der Waals surface area contributed by atoms with Crippen LogP contribution in [0.1, 0.15) is 11.1 Å². The van der Waals surface area contributed by atoms with Gasteiger partial charge in [0, 0.05) is 7.11 Å². The summed E-state index contributed by atoms with van der Waals surface area (Å²) >= 11 is 0. The van der Waals surface area contributed by atoms with E-state index in [2.05, 4.69) is 0 Å². The lowest BCUT2D eigenvalue weighted by molar-refractivity contribution is -0.332. The Bertz CT molecular complexity index is 763. The normalized spacial score (nSPS) is 31.9. The Labute approximate surface area is 159 Å². The second-order valence-electron chi connectivity index (χ2n) is 6.89. The molecule has 2 heterocycles. The van der Waals surface area contributed by atoms with Crippen LogP contribution in [-0.4, -0.2) is 42.4 Å². The minimum atomic E-state index is -1.40. The fourth-order valence-electron chi connectivity index (χ4n) is 3.66. The molecule has 0 amide bonds. The van der Waals surface area contributed by atoms with Crippen molar-refractivity contribution in [3.8, 4) is 0 Å². The third-order valence-electron chi connectivity index (χ3n) is 5.06. The van der Waals surface area contributed by atoms with Crippen molar-refractivity contribution in [3.05, 3.63) is 83.9 Å². The number of rotatable bonds is 7. The minimum Gasteiger partial charge on any atom is -0.378 e. The molecule has 27 heavy (non-hydrogen) atoms. The van der Waals surface area contributed by atoms with Crippen LogP contribution in [0.15, 0.2) is 72.8 Å². The molecule has 2 aromatic rings. The number of methoxy groups -OCH3 is 1. The van der Waals surface area contributed by atoms with E-state index in [-0.39, 0.29) is 6.10 Å². The molecule has 0 saturated carbocycles. The van der Waals surface area contributed by atoms with Crippen molar-refractivity contribution < 1.29 is 24.1 Å². The maximum absolute atomic E-state index is 11.2. The first-order valence-electron chi connectivity index (χ1n) is 9.12. The van der Waals surface area contributed by atoms with Gasteiger partial charge in [0.2, 0.25) is 0 Å². The number of fused-ring (bicyclic) bond motifs is 2. The number of ether oxygens (including phenoxy) is 4. The minimum absolute atomic E-state index is 0.339. The van der Waals surface area contributed by atoms with E-state index >= 15 is 0 Å². The van der Waals surface area contributed by atoms with Crippen molar-refractivity contribution in [2.75, 3.05) is 7.11 Å². The van der Waals surface area contributed by atoms with Gasteiger partial charge in [-0.1, -0.05) is 66.7 Å². The lowest BCUT2D eigenvalue weighted by Crippen LogP contribution is -2.69. The highest BCUT2D eigenvalue weighted by Gasteiger charge is 2.58. The van der Waals surface area contributed by atoms with Crippen LogP contribution in [0.4, 0.5) is 0 Å². The average molecular weight is 368 g/mol. The molecule has 1 fully saturated rings. The van der Waals surface area contributed by atoms with Crippen LogP contribution in [0.3, 0.4) is 0 Å². The van der Waals surface area contributed by atoms with Gasteiger partial charge in [0.1, 0.15) is 18.3 Å². The molecular formula is C22H24O5. The zero-order chi connectivity index (χ0) is 18.7. The molecule has 1 saturated heterocycles. The van der Waals surface area contributed by atoms with Crippen LogP contribution >= 0.6 is 0 Å². The van der Waals surface area contributed by atoms with Crippen molar-refractivity contribution in [2.45, 2.75) is 43.4 Å². The molecule has 5 heteroatoms. The highest BCUT2D eigenvalue weighted by molar-refractivity contribution is 5.24. The molecular weight excluding hydrogens is 344 g/mol. The van der Waals surface area contributed by atoms with Gasteiger partial charge in [0.25, 0.3) is 0 Å². The summed E-state index contributed by atoms with van der Waals surface area (Å²) in [5.41, 5.74) is 0.683. The maximum Gasteiger partial charge on any atom is 0.193 e. The molecule has 3 aliphatic rings. The molecule has 1 aliphatic carbocycles. The monoisotopic (exact) mass is 368 g/mol. The molecule has 5 nitrogen and oxygen atoms in total. The summed E-state index contributed by atoms with van der Waals surface area (Å²) in [4.78, 5) is 0. The highest BCUT2D eigenvalue weighted by Crippen LogP contribution is 2.40. The predicted octanol–water partition coefficient (Wildman–Crippen LogP) is 2.83. The van der Waals surface area contributed by atoms with Gasteiger partial charge in [0.05, 0.1) is 13.2 Å². The Balaban J connectivity index is 1.53.